The average molecular weight is 190 g/mol. The molecule has 0 aromatic heterocycles. The highest BCUT2D eigenvalue weighted by Gasteiger charge is 2.27. The Morgan fingerprint density at radius 3 is 2.64 bits per heavy atom. The third-order valence-electron chi connectivity index (χ3n) is 2.74. The molecule has 2 atom stereocenters. The van der Waals surface area contributed by atoms with Gasteiger partial charge in [0.2, 0.25) is 0 Å². The van der Waals surface area contributed by atoms with E-state index in [4.69, 9.17) is 4.74 Å². The summed E-state index contributed by atoms with van der Waals surface area (Å²) in [4.78, 5) is 11.1. The van der Waals surface area contributed by atoms with Gasteiger partial charge in [-0.25, -0.2) is 0 Å². The number of hydrogen-bond donors (Lipinski definition) is 0. The van der Waals surface area contributed by atoms with Crippen LogP contribution in [0.5, 0.6) is 0 Å². The van der Waals surface area contributed by atoms with Crippen molar-refractivity contribution in [2.45, 2.75) is 19.3 Å². The van der Waals surface area contributed by atoms with Crippen molar-refractivity contribution in [2.24, 2.45) is 5.92 Å². The number of benzene rings is 1. The van der Waals surface area contributed by atoms with E-state index in [9.17, 15) is 4.79 Å². The summed E-state index contributed by atoms with van der Waals surface area (Å²) in [7, 11) is 0. The molecule has 74 valence electrons. The molecule has 0 radical (unpaired) electrons. The van der Waals surface area contributed by atoms with E-state index in [0.29, 0.717) is 12.5 Å². The first-order valence-corrected chi connectivity index (χ1v) is 4.99. The summed E-state index contributed by atoms with van der Waals surface area (Å²) in [6.07, 6.45) is 0.906. The summed E-state index contributed by atoms with van der Waals surface area (Å²) < 4.78 is 5.12. The van der Waals surface area contributed by atoms with Gasteiger partial charge in [-0.05, 0) is 12.0 Å². The van der Waals surface area contributed by atoms with Gasteiger partial charge in [0.25, 0.3) is 0 Å². The van der Waals surface area contributed by atoms with Crippen molar-refractivity contribution in [3.8, 4) is 0 Å². The highest BCUT2D eigenvalue weighted by Crippen LogP contribution is 2.28. The van der Waals surface area contributed by atoms with Gasteiger partial charge in [0.1, 0.15) is 0 Å². The van der Waals surface area contributed by atoms with Crippen LogP contribution in [-0.2, 0) is 9.53 Å². The first-order valence-electron chi connectivity index (χ1n) is 4.99. The summed E-state index contributed by atoms with van der Waals surface area (Å²) in [6.45, 7) is 2.46. The van der Waals surface area contributed by atoms with E-state index >= 15 is 0 Å². The van der Waals surface area contributed by atoms with Gasteiger partial charge in [0.15, 0.2) is 0 Å². The maximum absolute atomic E-state index is 11.1. The van der Waals surface area contributed by atoms with E-state index in [-0.39, 0.29) is 11.9 Å². The van der Waals surface area contributed by atoms with Gasteiger partial charge < -0.3 is 4.74 Å². The number of carbonyl (C=O) groups is 1. The number of hydrogen-bond acceptors (Lipinski definition) is 2. The predicted octanol–water partition coefficient (Wildman–Crippen LogP) is 2.35. The van der Waals surface area contributed by atoms with Crippen LogP contribution in [0.15, 0.2) is 30.3 Å². The summed E-state index contributed by atoms with van der Waals surface area (Å²) in [6, 6.07) is 10.2. The second-order valence-electron chi connectivity index (χ2n) is 3.87. The molecule has 1 heterocycles. The first kappa shape index (κ1) is 9.25. The van der Waals surface area contributed by atoms with Crippen molar-refractivity contribution in [3.05, 3.63) is 35.9 Å². The van der Waals surface area contributed by atoms with E-state index < -0.39 is 0 Å². The molecule has 1 aliphatic heterocycles. The maximum atomic E-state index is 11.1. The summed E-state index contributed by atoms with van der Waals surface area (Å²) in [5, 5.41) is 0. The van der Waals surface area contributed by atoms with Crippen molar-refractivity contribution in [1.82, 2.24) is 0 Å². The molecule has 0 N–H and O–H groups in total. The Balaban J connectivity index is 2.11. The van der Waals surface area contributed by atoms with E-state index in [1.165, 1.54) is 5.56 Å². The molecular weight excluding hydrogens is 176 g/mol. The van der Waals surface area contributed by atoms with Crippen molar-refractivity contribution in [2.75, 3.05) is 6.61 Å². The molecule has 1 aromatic rings. The van der Waals surface area contributed by atoms with Gasteiger partial charge in [-0.1, -0.05) is 37.3 Å². The molecule has 2 rings (SSSR count). The molecule has 0 saturated carbocycles. The fraction of sp³-hybridized carbons (Fsp3) is 0.417. The predicted molar refractivity (Wildman–Crippen MR) is 53.9 cm³/mol. The lowest BCUT2D eigenvalue weighted by atomic mass is 9.88. The largest absolute Gasteiger partial charge is 0.465 e. The highest BCUT2D eigenvalue weighted by molar-refractivity contribution is 5.72. The lowest BCUT2D eigenvalue weighted by Crippen LogP contribution is -2.27. The topological polar surface area (TPSA) is 26.3 Å². The fourth-order valence-corrected chi connectivity index (χ4v) is 1.87. The van der Waals surface area contributed by atoms with Crippen LogP contribution in [-0.4, -0.2) is 12.6 Å². The molecule has 2 heteroatoms. The van der Waals surface area contributed by atoms with Crippen LogP contribution in [0.4, 0.5) is 0 Å². The Morgan fingerprint density at radius 2 is 2.00 bits per heavy atom. The minimum atomic E-state index is -0.0582. The van der Waals surface area contributed by atoms with Gasteiger partial charge in [-0.2, -0.15) is 0 Å². The molecule has 1 fully saturated rings. The van der Waals surface area contributed by atoms with Crippen LogP contribution in [0.1, 0.15) is 24.8 Å². The SMILES string of the molecule is C[C@@H]1C[C@H](c2ccccc2)COC1=O. The molecular formula is C12H14O2. The van der Waals surface area contributed by atoms with Gasteiger partial charge in [0, 0.05) is 5.92 Å². The third kappa shape index (κ3) is 1.79. The van der Waals surface area contributed by atoms with Crippen molar-refractivity contribution in [1.29, 1.82) is 0 Å². The van der Waals surface area contributed by atoms with Crippen LogP contribution in [0.25, 0.3) is 0 Å². The molecule has 1 saturated heterocycles. The molecule has 0 amide bonds. The number of rotatable bonds is 1. The zero-order valence-electron chi connectivity index (χ0n) is 8.27. The van der Waals surface area contributed by atoms with Crippen molar-refractivity contribution >= 4 is 5.97 Å². The van der Waals surface area contributed by atoms with Crippen LogP contribution >= 0.6 is 0 Å². The van der Waals surface area contributed by atoms with Crippen LogP contribution < -0.4 is 0 Å². The minimum absolute atomic E-state index is 0.0361. The Kier molecular flexibility index (Phi) is 2.53. The van der Waals surface area contributed by atoms with Crippen molar-refractivity contribution in [3.63, 3.8) is 0 Å². The number of cyclic esters (lactones) is 1. The summed E-state index contributed by atoms with van der Waals surface area (Å²) in [5.41, 5.74) is 1.27. The number of carbonyl (C=O) groups excluding carboxylic acids is 1. The average Bonchev–Trinajstić information content (AvgIpc) is 2.23. The van der Waals surface area contributed by atoms with Crippen LogP contribution in [0, 0.1) is 5.92 Å². The molecule has 0 spiro atoms. The number of ether oxygens (including phenoxy) is 1. The molecule has 0 unspecified atom stereocenters. The zero-order valence-corrected chi connectivity index (χ0v) is 8.27. The third-order valence-corrected chi connectivity index (χ3v) is 2.74. The lowest BCUT2D eigenvalue weighted by molar-refractivity contribution is -0.153. The fourth-order valence-electron chi connectivity index (χ4n) is 1.87. The summed E-state index contributed by atoms with van der Waals surface area (Å²) >= 11 is 0. The quantitative estimate of drug-likeness (QED) is 0.635. The minimum Gasteiger partial charge on any atom is -0.465 e. The standard InChI is InChI=1S/C12H14O2/c1-9-7-11(8-14-12(9)13)10-5-3-2-4-6-10/h2-6,9,11H,7-8H2,1H3/t9-,11+/m1/s1. The van der Waals surface area contributed by atoms with Crippen molar-refractivity contribution < 1.29 is 9.53 Å². The maximum Gasteiger partial charge on any atom is 0.308 e. The normalized spacial score (nSPS) is 27.1. The second-order valence-corrected chi connectivity index (χ2v) is 3.87. The molecule has 2 nitrogen and oxygen atoms in total. The Morgan fingerprint density at radius 1 is 1.29 bits per heavy atom. The van der Waals surface area contributed by atoms with E-state index in [1.54, 1.807) is 0 Å². The molecule has 1 aliphatic rings. The molecule has 14 heavy (non-hydrogen) atoms. The van der Waals surface area contributed by atoms with Gasteiger partial charge in [-0.3, -0.25) is 4.79 Å². The van der Waals surface area contributed by atoms with E-state index in [0.717, 1.165) is 6.42 Å². The molecule has 1 aromatic carbocycles. The monoisotopic (exact) mass is 190 g/mol. The Labute approximate surface area is 83.9 Å². The van der Waals surface area contributed by atoms with E-state index in [1.807, 2.05) is 25.1 Å². The summed E-state index contributed by atoms with van der Waals surface area (Å²) in [5.74, 6) is 0.357. The zero-order chi connectivity index (χ0) is 9.97. The Hall–Kier alpha value is -1.31. The highest BCUT2D eigenvalue weighted by atomic mass is 16.5. The van der Waals surface area contributed by atoms with Gasteiger partial charge in [0.05, 0.1) is 12.5 Å². The van der Waals surface area contributed by atoms with Gasteiger partial charge >= 0.3 is 5.97 Å². The second kappa shape index (κ2) is 3.82. The number of esters is 1. The lowest BCUT2D eigenvalue weighted by Gasteiger charge is -2.26. The van der Waals surface area contributed by atoms with Crippen LogP contribution in [0.2, 0.25) is 0 Å². The first-order chi connectivity index (χ1) is 6.77. The van der Waals surface area contributed by atoms with Crippen LogP contribution in [0.3, 0.4) is 0 Å². The smallest absolute Gasteiger partial charge is 0.308 e. The molecule has 0 aliphatic carbocycles. The Bertz CT molecular complexity index is 318. The molecule has 0 bridgehead atoms. The van der Waals surface area contributed by atoms with Gasteiger partial charge in [-0.15, -0.1) is 0 Å². The van der Waals surface area contributed by atoms with E-state index in [2.05, 4.69) is 12.1 Å².